The first-order valence-corrected chi connectivity index (χ1v) is 8.48. The van der Waals surface area contributed by atoms with Gasteiger partial charge >= 0.3 is 6.18 Å². The van der Waals surface area contributed by atoms with E-state index >= 15 is 0 Å². The molecular formula is C14H16Br2F3NO. The number of rotatable bonds is 7. The summed E-state index contributed by atoms with van der Waals surface area (Å²) >= 11 is 6.44. The molecule has 1 rings (SSSR count). The van der Waals surface area contributed by atoms with Crippen molar-refractivity contribution in [2.45, 2.75) is 31.9 Å². The highest BCUT2D eigenvalue weighted by molar-refractivity contribution is 9.10. The van der Waals surface area contributed by atoms with E-state index in [9.17, 15) is 18.0 Å². The number of alkyl halides is 4. The quantitative estimate of drug-likeness (QED) is 0.470. The standard InChI is InChI=1S/C14H16Br2F3NO/c15-7-3-1-2-4-8-20-13(21)11-9-10(14(17,18)19)5-6-12(11)16/h5-6,9H,1-4,7-8H2,(H,20,21). The third-order valence-corrected chi connectivity index (χ3v) is 4.14. The summed E-state index contributed by atoms with van der Waals surface area (Å²) in [7, 11) is 0. The van der Waals surface area contributed by atoms with Crippen molar-refractivity contribution in [1.29, 1.82) is 0 Å². The Morgan fingerprint density at radius 1 is 1.14 bits per heavy atom. The maximum atomic E-state index is 12.6. The molecule has 2 nitrogen and oxygen atoms in total. The molecule has 0 saturated heterocycles. The zero-order valence-corrected chi connectivity index (χ0v) is 14.4. The van der Waals surface area contributed by atoms with E-state index in [1.807, 2.05) is 0 Å². The Morgan fingerprint density at radius 3 is 2.43 bits per heavy atom. The fourth-order valence-corrected chi connectivity index (χ4v) is 2.57. The Hall–Kier alpha value is -0.560. The fraction of sp³-hybridized carbons (Fsp3) is 0.500. The summed E-state index contributed by atoms with van der Waals surface area (Å²) in [6.07, 6.45) is -0.516. The number of amides is 1. The summed E-state index contributed by atoms with van der Waals surface area (Å²) in [6.45, 7) is 0.462. The number of nitrogens with one attached hydrogen (secondary N) is 1. The highest BCUT2D eigenvalue weighted by Crippen LogP contribution is 2.31. The lowest BCUT2D eigenvalue weighted by atomic mass is 10.1. The molecule has 0 aliphatic heterocycles. The van der Waals surface area contributed by atoms with Gasteiger partial charge in [0.2, 0.25) is 0 Å². The van der Waals surface area contributed by atoms with E-state index < -0.39 is 17.6 Å². The molecule has 0 aliphatic rings. The van der Waals surface area contributed by atoms with Gasteiger partial charge in [-0.25, -0.2) is 0 Å². The molecule has 1 N–H and O–H groups in total. The highest BCUT2D eigenvalue weighted by Gasteiger charge is 2.31. The van der Waals surface area contributed by atoms with Crippen molar-refractivity contribution < 1.29 is 18.0 Å². The van der Waals surface area contributed by atoms with Crippen LogP contribution in [-0.4, -0.2) is 17.8 Å². The average molecular weight is 431 g/mol. The van der Waals surface area contributed by atoms with Crippen LogP contribution in [0.2, 0.25) is 0 Å². The van der Waals surface area contributed by atoms with Crippen molar-refractivity contribution in [3.63, 3.8) is 0 Å². The molecule has 0 bridgehead atoms. The van der Waals surface area contributed by atoms with E-state index in [2.05, 4.69) is 37.2 Å². The SMILES string of the molecule is O=C(NCCCCCCBr)c1cc(C(F)(F)F)ccc1Br. The van der Waals surface area contributed by atoms with Gasteiger partial charge in [0.1, 0.15) is 0 Å². The van der Waals surface area contributed by atoms with E-state index in [0.29, 0.717) is 11.0 Å². The molecular weight excluding hydrogens is 415 g/mol. The van der Waals surface area contributed by atoms with Crippen LogP contribution >= 0.6 is 31.9 Å². The van der Waals surface area contributed by atoms with Gasteiger partial charge in [-0.15, -0.1) is 0 Å². The van der Waals surface area contributed by atoms with Gasteiger partial charge in [0.25, 0.3) is 5.91 Å². The molecule has 118 valence electrons. The molecule has 0 radical (unpaired) electrons. The van der Waals surface area contributed by atoms with E-state index in [4.69, 9.17) is 0 Å². The second kappa shape index (κ2) is 8.78. The van der Waals surface area contributed by atoms with Crippen LogP contribution in [0.3, 0.4) is 0 Å². The summed E-state index contributed by atoms with van der Waals surface area (Å²) in [5.74, 6) is -0.492. The van der Waals surface area contributed by atoms with Gasteiger partial charge in [0, 0.05) is 16.3 Å². The Balaban J connectivity index is 2.57. The van der Waals surface area contributed by atoms with Crippen LogP contribution in [0.15, 0.2) is 22.7 Å². The molecule has 21 heavy (non-hydrogen) atoms. The Kier molecular flexibility index (Phi) is 7.73. The van der Waals surface area contributed by atoms with Crippen molar-refractivity contribution in [2.24, 2.45) is 0 Å². The molecule has 0 aliphatic carbocycles. The van der Waals surface area contributed by atoms with Crippen molar-refractivity contribution in [3.8, 4) is 0 Å². The third kappa shape index (κ3) is 6.38. The van der Waals surface area contributed by atoms with E-state index in [1.165, 1.54) is 6.07 Å². The van der Waals surface area contributed by atoms with Crippen molar-refractivity contribution in [1.82, 2.24) is 5.32 Å². The van der Waals surface area contributed by atoms with Crippen LogP contribution in [0.25, 0.3) is 0 Å². The normalized spacial score (nSPS) is 11.5. The van der Waals surface area contributed by atoms with Crippen LogP contribution in [0.1, 0.15) is 41.6 Å². The van der Waals surface area contributed by atoms with E-state index in [1.54, 1.807) is 0 Å². The summed E-state index contributed by atoms with van der Waals surface area (Å²) in [4.78, 5) is 11.9. The fourth-order valence-electron chi connectivity index (χ4n) is 1.75. The second-order valence-corrected chi connectivity index (χ2v) is 6.20. The summed E-state index contributed by atoms with van der Waals surface area (Å²) < 4.78 is 38.3. The maximum Gasteiger partial charge on any atom is 0.416 e. The van der Waals surface area contributed by atoms with Crippen LogP contribution in [0, 0.1) is 0 Å². The minimum atomic E-state index is -4.45. The number of carbonyl (C=O) groups is 1. The summed E-state index contributed by atoms with van der Waals surface area (Å²) in [6, 6.07) is 3.05. The highest BCUT2D eigenvalue weighted by atomic mass is 79.9. The van der Waals surface area contributed by atoms with Crippen molar-refractivity contribution in [3.05, 3.63) is 33.8 Å². The number of hydrogen-bond donors (Lipinski definition) is 1. The lowest BCUT2D eigenvalue weighted by molar-refractivity contribution is -0.137. The molecule has 0 atom stereocenters. The summed E-state index contributed by atoms with van der Waals surface area (Å²) in [5, 5.41) is 3.60. The molecule has 7 heteroatoms. The number of unbranched alkanes of at least 4 members (excludes halogenated alkanes) is 3. The average Bonchev–Trinajstić information content (AvgIpc) is 2.41. The van der Waals surface area contributed by atoms with Crippen LogP contribution in [-0.2, 0) is 6.18 Å². The van der Waals surface area contributed by atoms with Crippen LogP contribution in [0.4, 0.5) is 13.2 Å². The zero-order chi connectivity index (χ0) is 15.9. The van der Waals surface area contributed by atoms with E-state index in [0.717, 1.165) is 43.1 Å². The largest absolute Gasteiger partial charge is 0.416 e. The Labute approximate surface area is 138 Å². The van der Waals surface area contributed by atoms with Crippen molar-refractivity contribution >= 4 is 37.8 Å². The second-order valence-electron chi connectivity index (χ2n) is 4.55. The van der Waals surface area contributed by atoms with Gasteiger partial charge in [-0.1, -0.05) is 28.8 Å². The predicted molar refractivity (Wildman–Crippen MR) is 83.7 cm³/mol. The van der Waals surface area contributed by atoms with Gasteiger partial charge in [0.05, 0.1) is 11.1 Å². The predicted octanol–water partition coefficient (Wildman–Crippen LogP) is 5.15. The maximum absolute atomic E-state index is 12.6. The molecule has 1 amide bonds. The summed E-state index contributed by atoms with van der Waals surface area (Å²) in [5.41, 5.74) is -0.821. The van der Waals surface area contributed by atoms with Crippen molar-refractivity contribution in [2.75, 3.05) is 11.9 Å². The Bertz CT molecular complexity index is 478. The first kappa shape index (κ1) is 18.5. The zero-order valence-electron chi connectivity index (χ0n) is 11.3. The smallest absolute Gasteiger partial charge is 0.352 e. The first-order chi connectivity index (χ1) is 9.86. The van der Waals surface area contributed by atoms with Gasteiger partial charge in [-0.05, 0) is 47.0 Å². The first-order valence-electron chi connectivity index (χ1n) is 6.57. The molecule has 1 aromatic rings. The van der Waals surface area contributed by atoms with Gasteiger partial charge in [0.15, 0.2) is 0 Å². The molecule has 1 aromatic carbocycles. The minimum Gasteiger partial charge on any atom is -0.352 e. The lowest BCUT2D eigenvalue weighted by Gasteiger charge is -2.11. The number of hydrogen-bond acceptors (Lipinski definition) is 1. The van der Waals surface area contributed by atoms with Crippen LogP contribution < -0.4 is 5.32 Å². The van der Waals surface area contributed by atoms with Gasteiger partial charge < -0.3 is 5.32 Å². The molecule has 0 fully saturated rings. The topological polar surface area (TPSA) is 29.1 Å². The third-order valence-electron chi connectivity index (χ3n) is 2.88. The monoisotopic (exact) mass is 429 g/mol. The lowest BCUT2D eigenvalue weighted by Crippen LogP contribution is -2.25. The van der Waals surface area contributed by atoms with Gasteiger partial charge in [-0.3, -0.25) is 4.79 Å². The molecule has 0 heterocycles. The van der Waals surface area contributed by atoms with E-state index in [-0.39, 0.29) is 5.56 Å². The van der Waals surface area contributed by atoms with Gasteiger partial charge in [-0.2, -0.15) is 13.2 Å². The van der Waals surface area contributed by atoms with Crippen LogP contribution in [0.5, 0.6) is 0 Å². The molecule has 0 aromatic heterocycles. The number of carbonyl (C=O) groups excluding carboxylic acids is 1. The number of benzene rings is 1. The number of halogens is 5. The minimum absolute atomic E-state index is 0.00489. The molecule has 0 unspecified atom stereocenters. The molecule has 0 spiro atoms. The Morgan fingerprint density at radius 2 is 1.81 bits per heavy atom. The molecule has 0 saturated carbocycles.